The molecule has 1 aliphatic heterocycles. The molecule has 94 valence electrons. The number of rotatable bonds is 4. The van der Waals surface area contributed by atoms with Crippen LogP contribution in [0.4, 0.5) is 0 Å². The minimum absolute atomic E-state index is 0.0304. The molecule has 1 aromatic rings. The maximum atomic E-state index is 11.5. The van der Waals surface area contributed by atoms with Crippen molar-refractivity contribution in [2.75, 3.05) is 13.2 Å². The number of carbonyl (C=O) groups excluding carboxylic acids is 1. The highest BCUT2D eigenvalue weighted by Crippen LogP contribution is 2.14. The SMILES string of the molecule is CCOCC(=O)N[C@@H]1CCc2nc(C)cn2C1. The molecule has 1 aromatic heterocycles. The number of nitrogens with one attached hydrogen (secondary N) is 1. The first kappa shape index (κ1) is 12.1. The molecule has 17 heavy (non-hydrogen) atoms. The highest BCUT2D eigenvalue weighted by atomic mass is 16.5. The van der Waals surface area contributed by atoms with E-state index in [4.69, 9.17) is 4.74 Å². The molecular weight excluding hydrogens is 218 g/mol. The molecule has 1 amide bonds. The first-order valence-corrected chi connectivity index (χ1v) is 6.08. The first-order valence-electron chi connectivity index (χ1n) is 6.08. The van der Waals surface area contributed by atoms with Crippen LogP contribution in [-0.4, -0.2) is 34.7 Å². The molecule has 5 heteroatoms. The molecule has 0 unspecified atom stereocenters. The van der Waals surface area contributed by atoms with Gasteiger partial charge in [-0.1, -0.05) is 0 Å². The molecule has 1 aliphatic rings. The molecule has 1 N–H and O–H groups in total. The lowest BCUT2D eigenvalue weighted by Gasteiger charge is -2.24. The van der Waals surface area contributed by atoms with E-state index in [1.165, 1.54) is 0 Å². The average Bonchev–Trinajstić information content (AvgIpc) is 2.65. The van der Waals surface area contributed by atoms with E-state index in [-0.39, 0.29) is 18.6 Å². The first-order chi connectivity index (χ1) is 8.19. The quantitative estimate of drug-likeness (QED) is 0.837. The number of fused-ring (bicyclic) bond motifs is 1. The second kappa shape index (κ2) is 5.31. The van der Waals surface area contributed by atoms with Crippen LogP contribution in [0.15, 0.2) is 6.20 Å². The molecule has 0 bridgehead atoms. The molecule has 0 aliphatic carbocycles. The third-order valence-corrected chi connectivity index (χ3v) is 2.92. The Labute approximate surface area is 101 Å². The van der Waals surface area contributed by atoms with Gasteiger partial charge in [0.25, 0.3) is 0 Å². The number of aryl methyl sites for hydroxylation is 2. The van der Waals surface area contributed by atoms with E-state index in [9.17, 15) is 4.79 Å². The van der Waals surface area contributed by atoms with E-state index >= 15 is 0 Å². The lowest BCUT2D eigenvalue weighted by Crippen LogP contribution is -2.42. The number of aromatic nitrogens is 2. The van der Waals surface area contributed by atoms with Gasteiger partial charge in [0.2, 0.25) is 5.91 Å². The molecule has 2 heterocycles. The fourth-order valence-corrected chi connectivity index (χ4v) is 2.17. The predicted molar refractivity (Wildman–Crippen MR) is 63.7 cm³/mol. The van der Waals surface area contributed by atoms with Gasteiger partial charge >= 0.3 is 0 Å². The van der Waals surface area contributed by atoms with Gasteiger partial charge in [0.15, 0.2) is 0 Å². The van der Waals surface area contributed by atoms with Crippen LogP contribution < -0.4 is 5.32 Å². The van der Waals surface area contributed by atoms with Gasteiger partial charge in [-0.05, 0) is 20.3 Å². The molecule has 0 saturated heterocycles. The van der Waals surface area contributed by atoms with E-state index in [1.54, 1.807) is 0 Å². The Morgan fingerprint density at radius 2 is 2.53 bits per heavy atom. The molecule has 5 nitrogen and oxygen atoms in total. The van der Waals surface area contributed by atoms with Crippen molar-refractivity contribution in [1.82, 2.24) is 14.9 Å². The van der Waals surface area contributed by atoms with Gasteiger partial charge in [-0.15, -0.1) is 0 Å². The maximum Gasteiger partial charge on any atom is 0.246 e. The van der Waals surface area contributed by atoms with Crippen LogP contribution in [0, 0.1) is 6.92 Å². The van der Waals surface area contributed by atoms with Crippen LogP contribution in [0.5, 0.6) is 0 Å². The molecule has 0 saturated carbocycles. The Bertz CT molecular complexity index is 400. The standard InChI is InChI=1S/C12H19N3O2/c1-3-17-8-12(16)14-10-4-5-11-13-9(2)6-15(11)7-10/h6,10H,3-5,7-8H2,1-2H3,(H,14,16)/t10-/m1/s1. The molecule has 0 radical (unpaired) electrons. The molecule has 2 rings (SSSR count). The summed E-state index contributed by atoms with van der Waals surface area (Å²) in [5, 5.41) is 2.99. The van der Waals surface area contributed by atoms with Crippen molar-refractivity contribution in [3.05, 3.63) is 17.7 Å². The van der Waals surface area contributed by atoms with Crippen molar-refractivity contribution in [2.45, 2.75) is 39.3 Å². The van der Waals surface area contributed by atoms with Crippen LogP contribution >= 0.6 is 0 Å². The number of carbonyl (C=O) groups is 1. The summed E-state index contributed by atoms with van der Waals surface area (Å²) in [6, 6.07) is 0.198. The van der Waals surface area contributed by atoms with Gasteiger partial charge in [-0.2, -0.15) is 0 Å². The van der Waals surface area contributed by atoms with E-state index in [2.05, 4.69) is 14.9 Å². The number of nitrogens with zero attached hydrogens (tertiary/aromatic N) is 2. The van der Waals surface area contributed by atoms with Crippen molar-refractivity contribution >= 4 is 5.91 Å². The van der Waals surface area contributed by atoms with E-state index in [0.717, 1.165) is 30.9 Å². The number of hydrogen-bond acceptors (Lipinski definition) is 3. The highest BCUT2D eigenvalue weighted by Gasteiger charge is 2.20. The molecule has 0 fully saturated rings. The molecule has 1 atom stereocenters. The lowest BCUT2D eigenvalue weighted by atomic mass is 10.1. The smallest absolute Gasteiger partial charge is 0.246 e. The summed E-state index contributed by atoms with van der Waals surface area (Å²) in [4.78, 5) is 16.0. The van der Waals surface area contributed by atoms with Crippen LogP contribution in [0.1, 0.15) is 24.9 Å². The summed E-state index contributed by atoms with van der Waals surface area (Å²) in [6.45, 7) is 5.42. The molecular formula is C12H19N3O2. The number of ether oxygens (including phenoxy) is 1. The second-order valence-corrected chi connectivity index (χ2v) is 4.39. The maximum absolute atomic E-state index is 11.5. The zero-order valence-corrected chi connectivity index (χ0v) is 10.4. The number of hydrogen-bond donors (Lipinski definition) is 1. The zero-order valence-electron chi connectivity index (χ0n) is 10.4. The summed E-state index contributed by atoms with van der Waals surface area (Å²) < 4.78 is 7.21. The molecule has 0 spiro atoms. The Kier molecular flexibility index (Phi) is 3.78. The van der Waals surface area contributed by atoms with Gasteiger partial charge in [-0.25, -0.2) is 4.98 Å². The summed E-state index contributed by atoms with van der Waals surface area (Å²) in [5.74, 6) is 1.09. The average molecular weight is 237 g/mol. The third kappa shape index (κ3) is 3.06. The highest BCUT2D eigenvalue weighted by molar-refractivity contribution is 5.77. The van der Waals surface area contributed by atoms with E-state index < -0.39 is 0 Å². The minimum atomic E-state index is -0.0304. The summed E-state index contributed by atoms with van der Waals surface area (Å²) in [5.41, 5.74) is 1.04. The third-order valence-electron chi connectivity index (χ3n) is 2.92. The van der Waals surface area contributed by atoms with Gasteiger partial charge in [0, 0.05) is 31.8 Å². The van der Waals surface area contributed by atoms with Crippen LogP contribution in [0.3, 0.4) is 0 Å². The lowest BCUT2D eigenvalue weighted by molar-refractivity contribution is -0.126. The van der Waals surface area contributed by atoms with E-state index in [0.29, 0.717) is 6.61 Å². The topological polar surface area (TPSA) is 56.1 Å². The Morgan fingerprint density at radius 1 is 1.71 bits per heavy atom. The Morgan fingerprint density at radius 3 is 3.29 bits per heavy atom. The van der Waals surface area contributed by atoms with Crippen LogP contribution in [0.25, 0.3) is 0 Å². The van der Waals surface area contributed by atoms with Gasteiger partial charge in [0.05, 0.1) is 5.69 Å². The number of imidazole rings is 1. The second-order valence-electron chi connectivity index (χ2n) is 4.39. The zero-order chi connectivity index (χ0) is 12.3. The van der Waals surface area contributed by atoms with Crippen molar-refractivity contribution in [1.29, 1.82) is 0 Å². The minimum Gasteiger partial charge on any atom is -0.372 e. The van der Waals surface area contributed by atoms with Gasteiger partial charge < -0.3 is 14.6 Å². The fourth-order valence-electron chi connectivity index (χ4n) is 2.17. The van der Waals surface area contributed by atoms with Crippen molar-refractivity contribution in [3.63, 3.8) is 0 Å². The predicted octanol–water partition coefficient (Wildman–Crippen LogP) is 0.659. The Balaban J connectivity index is 1.87. The summed E-state index contributed by atoms with van der Waals surface area (Å²) >= 11 is 0. The number of amides is 1. The Hall–Kier alpha value is -1.36. The largest absolute Gasteiger partial charge is 0.372 e. The normalized spacial score (nSPS) is 18.8. The van der Waals surface area contributed by atoms with Crippen molar-refractivity contribution < 1.29 is 9.53 Å². The van der Waals surface area contributed by atoms with Gasteiger partial charge in [0.1, 0.15) is 12.4 Å². The van der Waals surface area contributed by atoms with Crippen molar-refractivity contribution in [3.8, 4) is 0 Å². The van der Waals surface area contributed by atoms with Gasteiger partial charge in [-0.3, -0.25) is 4.79 Å². The van der Waals surface area contributed by atoms with Crippen LogP contribution in [0.2, 0.25) is 0 Å². The van der Waals surface area contributed by atoms with E-state index in [1.807, 2.05) is 20.0 Å². The fraction of sp³-hybridized carbons (Fsp3) is 0.667. The van der Waals surface area contributed by atoms with Crippen LogP contribution in [-0.2, 0) is 22.5 Å². The van der Waals surface area contributed by atoms with Crippen molar-refractivity contribution in [2.24, 2.45) is 0 Å². The summed E-state index contributed by atoms with van der Waals surface area (Å²) in [7, 11) is 0. The monoisotopic (exact) mass is 237 g/mol. The summed E-state index contributed by atoms with van der Waals surface area (Å²) in [6.07, 6.45) is 3.91. The molecule has 0 aromatic carbocycles.